The number of amides is 1. The highest BCUT2D eigenvalue weighted by Crippen LogP contribution is 2.39. The van der Waals surface area contributed by atoms with Crippen LogP contribution in [0.3, 0.4) is 0 Å². The van der Waals surface area contributed by atoms with Crippen LogP contribution in [0.5, 0.6) is 5.75 Å². The van der Waals surface area contributed by atoms with E-state index >= 15 is 0 Å². The highest BCUT2D eigenvalue weighted by atomic mass is 19.4. The summed E-state index contributed by atoms with van der Waals surface area (Å²) < 4.78 is 68.4. The molecule has 1 amide bonds. The van der Waals surface area contributed by atoms with E-state index in [4.69, 9.17) is 9.47 Å². The number of ether oxygens (including phenoxy) is 2. The predicted molar refractivity (Wildman–Crippen MR) is 146 cm³/mol. The van der Waals surface area contributed by atoms with Gasteiger partial charge in [-0.3, -0.25) is 4.98 Å². The molecule has 12 nitrogen and oxygen atoms in total. The SMILES string of the molecule is Cc1c(-c2cc(OCC(O)c3ccc(F)cn3)c3c(C(F)(F)F)cnn3c2)nnn1[C@@H]1CCN(C(=O)OC(C)(C)C)C[C@@H]1O. The normalized spacial score (nSPS) is 18.5. The molecule has 3 atom stereocenters. The lowest BCUT2D eigenvalue weighted by Gasteiger charge is -2.36. The van der Waals surface area contributed by atoms with Crippen molar-refractivity contribution < 1.29 is 42.0 Å². The Kier molecular flexibility index (Phi) is 8.24. The summed E-state index contributed by atoms with van der Waals surface area (Å²) in [6.07, 6.45) is -4.38. The maximum absolute atomic E-state index is 13.8. The van der Waals surface area contributed by atoms with Gasteiger partial charge in [-0.05, 0) is 52.3 Å². The topological polar surface area (TPSA) is 140 Å². The number of aromatic nitrogens is 6. The van der Waals surface area contributed by atoms with Gasteiger partial charge < -0.3 is 24.6 Å². The number of carbonyl (C=O) groups is 1. The molecule has 1 aliphatic rings. The summed E-state index contributed by atoms with van der Waals surface area (Å²) in [4.78, 5) is 17.7. The van der Waals surface area contributed by atoms with Crippen LogP contribution in [0.25, 0.3) is 16.8 Å². The average molecular weight is 622 g/mol. The van der Waals surface area contributed by atoms with E-state index in [0.29, 0.717) is 36.1 Å². The highest BCUT2D eigenvalue weighted by Gasteiger charge is 2.37. The largest absolute Gasteiger partial charge is 0.488 e. The molecule has 0 bridgehead atoms. The number of pyridine rings is 2. The summed E-state index contributed by atoms with van der Waals surface area (Å²) in [6, 6.07) is 3.13. The fourth-order valence-corrected chi connectivity index (χ4v) is 4.99. The number of nitrogens with zero attached hydrogens (tertiary/aromatic N) is 7. The summed E-state index contributed by atoms with van der Waals surface area (Å²) >= 11 is 0. The van der Waals surface area contributed by atoms with Crippen molar-refractivity contribution in [2.75, 3.05) is 19.7 Å². The number of likely N-dealkylation sites (tertiary alicyclic amines) is 1. The lowest BCUT2D eigenvalue weighted by atomic mass is 10.0. The Labute approximate surface area is 248 Å². The molecule has 5 rings (SSSR count). The van der Waals surface area contributed by atoms with E-state index in [9.17, 15) is 32.6 Å². The first-order valence-corrected chi connectivity index (χ1v) is 13.7. The Hall–Kier alpha value is -4.31. The summed E-state index contributed by atoms with van der Waals surface area (Å²) in [5.74, 6) is -0.858. The number of rotatable bonds is 6. The second-order valence-corrected chi connectivity index (χ2v) is 11.5. The molecule has 1 unspecified atom stereocenters. The molecule has 4 aromatic rings. The van der Waals surface area contributed by atoms with Crippen LogP contribution in [0, 0.1) is 12.7 Å². The molecule has 16 heteroatoms. The van der Waals surface area contributed by atoms with Gasteiger partial charge in [0.2, 0.25) is 0 Å². The third-order valence-corrected chi connectivity index (χ3v) is 7.08. The van der Waals surface area contributed by atoms with Gasteiger partial charge >= 0.3 is 12.3 Å². The minimum Gasteiger partial charge on any atom is -0.488 e. The smallest absolute Gasteiger partial charge is 0.420 e. The molecule has 0 aliphatic carbocycles. The lowest BCUT2D eigenvalue weighted by molar-refractivity contribution is -0.136. The van der Waals surface area contributed by atoms with Gasteiger partial charge in [-0.2, -0.15) is 18.3 Å². The number of hydrogen-bond acceptors (Lipinski definition) is 9. The first kappa shape index (κ1) is 31.1. The number of halogens is 4. The summed E-state index contributed by atoms with van der Waals surface area (Å²) in [5.41, 5.74) is -0.941. The van der Waals surface area contributed by atoms with Crippen molar-refractivity contribution >= 4 is 11.6 Å². The first-order valence-electron chi connectivity index (χ1n) is 13.7. The summed E-state index contributed by atoms with van der Waals surface area (Å²) in [6.45, 7) is 6.77. The van der Waals surface area contributed by atoms with Gasteiger partial charge in [0.05, 0.1) is 42.5 Å². The first-order chi connectivity index (χ1) is 20.6. The fraction of sp³-hybridized carbons (Fsp3) is 0.464. The van der Waals surface area contributed by atoms with Crippen LogP contribution in [0.2, 0.25) is 0 Å². The molecule has 1 fully saturated rings. The molecule has 5 heterocycles. The molecule has 1 saturated heterocycles. The average Bonchev–Trinajstić information content (AvgIpc) is 3.54. The van der Waals surface area contributed by atoms with E-state index < -0.39 is 54.1 Å². The van der Waals surface area contributed by atoms with E-state index in [1.165, 1.54) is 27.9 Å². The monoisotopic (exact) mass is 621 g/mol. The van der Waals surface area contributed by atoms with Crippen LogP contribution in [0.1, 0.15) is 56.3 Å². The minimum atomic E-state index is -4.75. The molecule has 0 spiro atoms. The Bertz CT molecular complexity index is 1650. The van der Waals surface area contributed by atoms with Crippen LogP contribution < -0.4 is 4.74 Å². The van der Waals surface area contributed by atoms with Crippen molar-refractivity contribution in [2.45, 2.75) is 64.1 Å². The third kappa shape index (κ3) is 6.45. The van der Waals surface area contributed by atoms with E-state index in [1.54, 1.807) is 27.7 Å². The van der Waals surface area contributed by atoms with Crippen LogP contribution >= 0.6 is 0 Å². The van der Waals surface area contributed by atoms with Crippen molar-refractivity contribution in [3.05, 3.63) is 59.6 Å². The molecule has 4 aromatic heterocycles. The molecular formula is C28H31F4N7O5. The summed E-state index contributed by atoms with van der Waals surface area (Å²) in [7, 11) is 0. The van der Waals surface area contributed by atoms with E-state index in [2.05, 4.69) is 20.4 Å². The molecule has 0 radical (unpaired) electrons. The number of piperidine rings is 1. The number of carbonyl (C=O) groups excluding carboxylic acids is 1. The number of β-amino-alcohol motifs (C(OH)–C–C–N with tert-alkyl or cyclic N) is 1. The number of fused-ring (bicyclic) bond motifs is 1. The van der Waals surface area contributed by atoms with Gasteiger partial charge in [0.15, 0.2) is 0 Å². The van der Waals surface area contributed by atoms with Gasteiger partial charge in [0.25, 0.3) is 0 Å². The van der Waals surface area contributed by atoms with Crippen molar-refractivity contribution in [2.24, 2.45) is 0 Å². The second-order valence-electron chi connectivity index (χ2n) is 11.5. The van der Waals surface area contributed by atoms with Crippen molar-refractivity contribution in [3.63, 3.8) is 0 Å². The van der Waals surface area contributed by atoms with Crippen molar-refractivity contribution in [1.29, 1.82) is 0 Å². The van der Waals surface area contributed by atoms with Crippen molar-refractivity contribution in [1.82, 2.24) is 34.5 Å². The molecular weight excluding hydrogens is 590 g/mol. The van der Waals surface area contributed by atoms with Crippen LogP contribution in [-0.2, 0) is 10.9 Å². The fourth-order valence-electron chi connectivity index (χ4n) is 4.99. The lowest BCUT2D eigenvalue weighted by Crippen LogP contribution is -2.49. The number of aliphatic hydroxyl groups is 2. The van der Waals surface area contributed by atoms with Crippen LogP contribution in [-0.4, -0.2) is 82.2 Å². The minimum absolute atomic E-state index is 0.0108. The Morgan fingerprint density at radius 2 is 1.95 bits per heavy atom. The summed E-state index contributed by atoms with van der Waals surface area (Å²) in [5, 5.41) is 33.7. The number of alkyl halides is 3. The Morgan fingerprint density at radius 1 is 1.20 bits per heavy atom. The molecule has 236 valence electrons. The van der Waals surface area contributed by atoms with Crippen LogP contribution in [0.4, 0.5) is 22.4 Å². The Morgan fingerprint density at radius 3 is 2.59 bits per heavy atom. The van der Waals surface area contributed by atoms with Crippen molar-refractivity contribution in [3.8, 4) is 17.0 Å². The number of aliphatic hydroxyl groups excluding tert-OH is 2. The van der Waals surface area contributed by atoms with Gasteiger partial charge in [-0.1, -0.05) is 5.21 Å². The zero-order chi connectivity index (χ0) is 32.0. The van der Waals surface area contributed by atoms with Crippen LogP contribution in [0.15, 0.2) is 36.8 Å². The maximum atomic E-state index is 13.8. The zero-order valence-corrected chi connectivity index (χ0v) is 24.3. The quantitative estimate of drug-likeness (QED) is 0.305. The molecule has 0 saturated carbocycles. The highest BCUT2D eigenvalue weighted by molar-refractivity contribution is 5.73. The van der Waals surface area contributed by atoms with Gasteiger partial charge in [0.1, 0.15) is 46.7 Å². The molecule has 2 N–H and O–H groups in total. The molecule has 0 aromatic carbocycles. The number of hydrogen-bond donors (Lipinski definition) is 2. The Balaban J connectivity index is 1.43. The predicted octanol–water partition coefficient (Wildman–Crippen LogP) is 4.11. The van der Waals surface area contributed by atoms with E-state index in [0.717, 1.165) is 16.8 Å². The van der Waals surface area contributed by atoms with Gasteiger partial charge in [-0.15, -0.1) is 5.10 Å². The maximum Gasteiger partial charge on any atom is 0.420 e. The van der Waals surface area contributed by atoms with Gasteiger partial charge in [0, 0.05) is 18.3 Å². The molecule has 1 aliphatic heterocycles. The zero-order valence-electron chi connectivity index (χ0n) is 24.3. The van der Waals surface area contributed by atoms with E-state index in [-0.39, 0.29) is 23.5 Å². The van der Waals surface area contributed by atoms with E-state index in [1.807, 2.05) is 0 Å². The third-order valence-electron chi connectivity index (χ3n) is 7.08. The standard InChI is InChI=1S/C28H31F4N7O5/c1-15-24(35-36-39(15)20-7-8-37(13-21(20)40)26(42)44-27(2,3)4)16-9-23(25-18(28(30,31)32)11-34-38(25)12-16)43-14-22(41)19-6-5-17(29)10-33-19/h5-6,9-12,20-22,40-41H,7-8,13-14H2,1-4H3/t20-,21+,22?/m1/s1. The molecule has 44 heavy (non-hydrogen) atoms. The van der Waals surface area contributed by atoms with Gasteiger partial charge in [-0.25, -0.2) is 18.4 Å². The second kappa shape index (κ2) is 11.6.